The zero-order valence-corrected chi connectivity index (χ0v) is 22.9. The van der Waals surface area contributed by atoms with Gasteiger partial charge in [-0.1, -0.05) is 29.8 Å². The molecule has 0 saturated carbocycles. The molecular formula is C29H36ClN3O3. The second kappa shape index (κ2) is 9.98. The molecule has 0 atom stereocenters. The number of amidine groups is 1. The molecule has 6 nitrogen and oxygen atoms in total. The summed E-state index contributed by atoms with van der Waals surface area (Å²) in [5, 5.41) is 0.428. The smallest absolute Gasteiger partial charge is 0.320 e. The van der Waals surface area contributed by atoms with Gasteiger partial charge in [0.15, 0.2) is 6.29 Å². The number of anilines is 2. The third-order valence-electron chi connectivity index (χ3n) is 7.14. The largest absolute Gasteiger partial charge is 0.459 e. The van der Waals surface area contributed by atoms with Crippen molar-refractivity contribution in [1.29, 1.82) is 0 Å². The van der Waals surface area contributed by atoms with E-state index >= 15 is 0 Å². The first kappa shape index (κ1) is 26.4. The minimum Gasteiger partial charge on any atom is -0.459 e. The van der Waals surface area contributed by atoms with Gasteiger partial charge in [0.2, 0.25) is 0 Å². The zero-order chi connectivity index (χ0) is 26.3. The van der Waals surface area contributed by atoms with Gasteiger partial charge in [0.25, 0.3) is 0 Å². The van der Waals surface area contributed by atoms with E-state index in [1.165, 1.54) is 11.1 Å². The highest BCUT2D eigenvalue weighted by Gasteiger charge is 2.43. The second-order valence-corrected chi connectivity index (χ2v) is 11.6. The first-order valence-electron chi connectivity index (χ1n) is 12.6. The summed E-state index contributed by atoms with van der Waals surface area (Å²) in [6.07, 6.45) is 2.76. The maximum Gasteiger partial charge on any atom is 0.320 e. The third-order valence-corrected chi connectivity index (χ3v) is 7.47. The Morgan fingerprint density at radius 3 is 2.47 bits per heavy atom. The van der Waals surface area contributed by atoms with Crippen LogP contribution in [0.4, 0.5) is 11.4 Å². The van der Waals surface area contributed by atoms with Crippen LogP contribution in [0.3, 0.4) is 0 Å². The molecule has 0 bridgehead atoms. The summed E-state index contributed by atoms with van der Waals surface area (Å²) in [4.78, 5) is 33.2. The number of carbonyl (C=O) groups excluding carboxylic acids is 2. The number of nitrogens with zero attached hydrogens (tertiary/aromatic N) is 3. The predicted molar refractivity (Wildman–Crippen MR) is 146 cm³/mol. The Hall–Kier alpha value is -2.70. The van der Waals surface area contributed by atoms with Crippen molar-refractivity contribution in [2.75, 3.05) is 31.6 Å². The van der Waals surface area contributed by atoms with Crippen molar-refractivity contribution in [3.8, 4) is 0 Å². The van der Waals surface area contributed by atoms with E-state index in [-0.39, 0.29) is 11.4 Å². The molecule has 2 aliphatic heterocycles. The molecule has 2 aromatic carbocycles. The Bertz CT molecular complexity index is 1190. The molecule has 36 heavy (non-hydrogen) atoms. The Balaban J connectivity index is 1.60. The monoisotopic (exact) mass is 509 g/mol. The maximum atomic E-state index is 12.3. The number of likely N-dealkylation sites (tertiary alicyclic amines) is 1. The quantitative estimate of drug-likeness (QED) is 0.358. The normalized spacial score (nSPS) is 19.4. The van der Waals surface area contributed by atoms with Gasteiger partial charge in [0.05, 0.1) is 28.5 Å². The Kier molecular flexibility index (Phi) is 7.31. The van der Waals surface area contributed by atoms with E-state index in [1.54, 1.807) is 13.1 Å². The van der Waals surface area contributed by atoms with Crippen LogP contribution in [0, 0.1) is 0 Å². The van der Waals surface area contributed by atoms with Crippen LogP contribution < -0.4 is 4.90 Å². The maximum absolute atomic E-state index is 12.3. The van der Waals surface area contributed by atoms with Crippen molar-refractivity contribution in [2.45, 2.75) is 64.4 Å². The number of esters is 1. The van der Waals surface area contributed by atoms with E-state index in [9.17, 15) is 9.59 Å². The van der Waals surface area contributed by atoms with Crippen LogP contribution in [0.1, 0.15) is 74.9 Å². The summed E-state index contributed by atoms with van der Waals surface area (Å²) in [6, 6.07) is 12.2. The topological polar surface area (TPSA) is 62.2 Å². The van der Waals surface area contributed by atoms with Gasteiger partial charge in [-0.2, -0.15) is 0 Å². The van der Waals surface area contributed by atoms with E-state index in [1.807, 2.05) is 32.9 Å². The number of hydrogen-bond donors (Lipinski definition) is 0. The highest BCUT2D eigenvalue weighted by molar-refractivity contribution is 6.34. The lowest BCUT2D eigenvalue weighted by Gasteiger charge is -2.32. The van der Waals surface area contributed by atoms with E-state index < -0.39 is 5.60 Å². The van der Waals surface area contributed by atoms with E-state index in [2.05, 4.69) is 46.8 Å². The Labute approximate surface area is 219 Å². The molecule has 2 aromatic rings. The molecule has 0 aliphatic carbocycles. The molecule has 0 N–H and O–H groups in total. The minimum absolute atomic E-state index is 0.171. The Morgan fingerprint density at radius 2 is 1.86 bits per heavy atom. The fourth-order valence-corrected chi connectivity index (χ4v) is 5.69. The number of aldehydes is 1. The molecule has 1 fully saturated rings. The summed E-state index contributed by atoms with van der Waals surface area (Å²) in [6.45, 7) is 12.0. The van der Waals surface area contributed by atoms with Crippen molar-refractivity contribution in [1.82, 2.24) is 4.90 Å². The van der Waals surface area contributed by atoms with Crippen LogP contribution in [0.25, 0.3) is 0 Å². The summed E-state index contributed by atoms with van der Waals surface area (Å²) < 4.78 is 5.49. The summed E-state index contributed by atoms with van der Waals surface area (Å²) >= 11 is 6.40. The van der Waals surface area contributed by atoms with Crippen LogP contribution in [0.5, 0.6) is 0 Å². The van der Waals surface area contributed by atoms with E-state index in [0.717, 1.165) is 49.4 Å². The summed E-state index contributed by atoms with van der Waals surface area (Å²) in [5.74, 6) is 1.10. The van der Waals surface area contributed by atoms with Gasteiger partial charge in [0, 0.05) is 12.5 Å². The molecule has 192 valence electrons. The lowest BCUT2D eigenvalue weighted by molar-refractivity contribution is -0.156. The minimum atomic E-state index is -0.465. The first-order chi connectivity index (χ1) is 17.0. The average molecular weight is 510 g/mol. The van der Waals surface area contributed by atoms with Crippen LogP contribution >= 0.6 is 11.6 Å². The molecule has 0 radical (unpaired) electrons. The molecule has 2 aliphatic rings. The molecular weight excluding hydrogens is 474 g/mol. The fourth-order valence-electron chi connectivity index (χ4n) is 5.47. The van der Waals surface area contributed by atoms with Crippen molar-refractivity contribution in [3.63, 3.8) is 0 Å². The fraction of sp³-hybridized carbons (Fsp3) is 0.483. The number of halogens is 1. The molecule has 0 aromatic heterocycles. The van der Waals surface area contributed by atoms with Crippen molar-refractivity contribution in [2.24, 2.45) is 4.99 Å². The number of rotatable bonds is 5. The number of benzene rings is 2. The van der Waals surface area contributed by atoms with E-state index in [4.69, 9.17) is 16.3 Å². The van der Waals surface area contributed by atoms with Gasteiger partial charge in [-0.3, -0.25) is 24.4 Å². The highest BCUT2D eigenvalue weighted by atomic mass is 35.5. The average Bonchev–Trinajstić information content (AvgIpc) is 3.03. The lowest BCUT2D eigenvalue weighted by Crippen LogP contribution is -2.39. The number of carbonyl (C=O) groups is 2. The first-order valence-corrected chi connectivity index (χ1v) is 12.9. The summed E-state index contributed by atoms with van der Waals surface area (Å²) in [5.41, 5.74) is 3.90. The zero-order valence-electron chi connectivity index (χ0n) is 22.1. The number of ether oxygens (including phenoxy) is 1. The van der Waals surface area contributed by atoms with Gasteiger partial charge in [-0.15, -0.1) is 0 Å². The van der Waals surface area contributed by atoms with Crippen molar-refractivity contribution in [3.05, 3.63) is 58.1 Å². The Morgan fingerprint density at radius 1 is 1.17 bits per heavy atom. The second-order valence-electron chi connectivity index (χ2n) is 11.2. The van der Waals surface area contributed by atoms with Crippen molar-refractivity contribution >= 4 is 41.1 Å². The molecule has 1 saturated heterocycles. The van der Waals surface area contributed by atoms with Crippen LogP contribution in [0.2, 0.25) is 5.02 Å². The SMILES string of the molecule is CN=C1N(c2cccc(Cl)c2C=O)c2cc(C3CCN(CC(=O)OC(C)(C)C)CC3)ccc2C1(C)C. The van der Waals surface area contributed by atoms with Gasteiger partial charge < -0.3 is 4.74 Å². The van der Waals surface area contributed by atoms with Gasteiger partial charge >= 0.3 is 5.97 Å². The number of piperidine rings is 1. The lowest BCUT2D eigenvalue weighted by atomic mass is 9.83. The summed E-state index contributed by atoms with van der Waals surface area (Å²) in [7, 11) is 1.79. The number of aliphatic imine (C=N–C) groups is 1. The molecule has 0 spiro atoms. The van der Waals surface area contributed by atoms with Crippen LogP contribution in [-0.4, -0.2) is 55.3 Å². The molecule has 4 rings (SSSR count). The predicted octanol–water partition coefficient (Wildman–Crippen LogP) is 6.13. The van der Waals surface area contributed by atoms with E-state index in [0.29, 0.717) is 23.0 Å². The third kappa shape index (κ3) is 5.07. The van der Waals surface area contributed by atoms with Crippen molar-refractivity contribution < 1.29 is 14.3 Å². The van der Waals surface area contributed by atoms with Crippen LogP contribution in [0.15, 0.2) is 41.4 Å². The number of hydrogen-bond acceptors (Lipinski definition) is 5. The van der Waals surface area contributed by atoms with Gasteiger partial charge in [-0.05, 0) is 95.8 Å². The van der Waals surface area contributed by atoms with Crippen LogP contribution in [-0.2, 0) is 14.9 Å². The molecule has 0 amide bonds. The molecule has 0 unspecified atom stereocenters. The highest BCUT2D eigenvalue weighted by Crippen LogP contribution is 2.48. The number of fused-ring (bicyclic) bond motifs is 1. The van der Waals surface area contributed by atoms with Gasteiger partial charge in [0.1, 0.15) is 11.4 Å². The standard InChI is InChI=1S/C29H36ClN3O3/c1-28(2,3)36-26(35)17-32-14-12-19(13-15-32)20-10-11-22-25(16-20)33(27(31-6)29(22,4)5)24-9-7-8-23(30)21(24)18-34/h7-11,16,18-19H,12-15,17H2,1-6H3. The molecule has 2 heterocycles. The molecule has 7 heteroatoms. The van der Waals surface area contributed by atoms with Gasteiger partial charge in [-0.25, -0.2) is 0 Å².